The van der Waals surface area contributed by atoms with Crippen LogP contribution >= 0.6 is 0 Å². The van der Waals surface area contributed by atoms with Gasteiger partial charge in [0.2, 0.25) is 0 Å². The van der Waals surface area contributed by atoms with Gasteiger partial charge >= 0.3 is 5.97 Å². The minimum absolute atomic E-state index is 0.0244. The van der Waals surface area contributed by atoms with E-state index < -0.39 is 116 Å². The third kappa shape index (κ3) is 8.97. The zero-order valence-corrected chi connectivity index (χ0v) is 43.0. The maximum absolute atomic E-state index is 13.3. The third-order valence-electron chi connectivity index (χ3n) is 20.0. The second-order valence-corrected chi connectivity index (χ2v) is 24.6. The van der Waals surface area contributed by atoms with Crippen LogP contribution in [0.3, 0.4) is 0 Å². The van der Waals surface area contributed by atoms with E-state index in [9.17, 15) is 50.8 Å². The average molecular weight is 1030 g/mol. The first-order chi connectivity index (χ1) is 34.5. The molecule has 0 aromatic heterocycles. The van der Waals surface area contributed by atoms with Crippen molar-refractivity contribution in [2.24, 2.45) is 45.8 Å². The van der Waals surface area contributed by atoms with Crippen LogP contribution in [-0.4, -0.2) is 175 Å². The average Bonchev–Trinajstić information content (AvgIpc) is 3.95. The molecule has 0 radical (unpaired) electrons. The van der Waals surface area contributed by atoms with Crippen molar-refractivity contribution in [3.8, 4) is 5.75 Å². The molecule has 18 nitrogen and oxygen atoms in total. The highest BCUT2D eigenvalue weighted by Crippen LogP contribution is 2.80. The quantitative estimate of drug-likeness (QED) is 0.0827. The van der Waals surface area contributed by atoms with Gasteiger partial charge in [-0.25, -0.2) is 4.79 Å². The number of phenolic OH excluding ortho intramolecular Hbond substituents is 1. The first kappa shape index (κ1) is 53.8. The van der Waals surface area contributed by atoms with Crippen LogP contribution in [-0.2, 0) is 42.7 Å². The number of ether oxygens (including phenoxy) is 8. The van der Waals surface area contributed by atoms with Crippen LogP contribution in [0.15, 0.2) is 42.0 Å². The molecule has 4 heterocycles. The van der Waals surface area contributed by atoms with Crippen LogP contribution in [0, 0.1) is 45.8 Å². The molecular formula is C55H80O18. The second-order valence-electron chi connectivity index (χ2n) is 24.6. The monoisotopic (exact) mass is 1030 g/mol. The van der Waals surface area contributed by atoms with Gasteiger partial charge in [0, 0.05) is 42.8 Å². The van der Waals surface area contributed by atoms with Gasteiger partial charge in [-0.15, -0.1) is 0 Å². The lowest BCUT2D eigenvalue weighted by Crippen LogP contribution is -2.68. The van der Waals surface area contributed by atoms with Crippen LogP contribution < -0.4 is 0 Å². The second kappa shape index (κ2) is 19.7. The highest BCUT2D eigenvalue weighted by atomic mass is 16.8. The van der Waals surface area contributed by atoms with Gasteiger partial charge in [0.25, 0.3) is 0 Å². The number of rotatable bonds is 12. The molecular weight excluding hydrogens is 949 g/mol. The SMILES string of the molecule is CC(C)=C[C@H]1CC(C)(O)C2C3CCC4[C@@]5(C)CCC[C@](C)(O[C@H]6OC[C@H](O)[C@H](OC7O[C@H](CO)[C@@H](O)[C@H](O)[C@H]7OC(=O)/C=C/c7ccc(O)cc7)[C@H]6O[C@H]6C[C@H](CO)[C@@H](O)[C@@H]6O)C5CC[C@@]4(C)[C@@]34CO[C@@]2(C4)O1. The summed E-state index contributed by atoms with van der Waals surface area (Å²) in [6.07, 6.45) is -5.92. The topological polar surface area (TPSA) is 273 Å². The zero-order chi connectivity index (χ0) is 52.2. The standard InChI is InChI=1S/C55H80O18/c1-28(2)20-32-22-52(5,65)47-33-13-14-37-50(3)17-7-18-53(6,38(50)16-19-51(37,4)54(33)26-55(47,72-32)67-27-54)73-48-46(68-35-21-30(23-56)40(61)41(35)62)44(34(59)25-66-48)71-49-45(43(64)42(63)36(24-57)69-49)70-39(60)15-10-29-8-11-31(58)12-9-29/h8-12,15,20,30,32-38,40-49,56-59,61-65H,7,13-14,16-19,21-27H2,1-6H3/b15-10+/t30-,32+,33?,34+,35+,36-,37?,38?,40-,41-,42-,43+,44+,45-,46-,47?,48-,49?,50-,51-,52?,53+,54+,55+/m1/s1. The van der Waals surface area contributed by atoms with Gasteiger partial charge in [-0.3, -0.25) is 0 Å². The number of allylic oxidation sites excluding steroid dienone is 1. The number of carbonyl (C=O) groups is 1. The van der Waals surface area contributed by atoms with Crippen molar-refractivity contribution in [2.45, 2.75) is 202 Å². The maximum Gasteiger partial charge on any atom is 0.331 e. The van der Waals surface area contributed by atoms with E-state index >= 15 is 0 Å². The number of esters is 1. The number of aromatic hydroxyl groups is 1. The molecule has 9 N–H and O–H groups in total. The minimum atomic E-state index is -1.83. The zero-order valence-electron chi connectivity index (χ0n) is 43.0. The maximum atomic E-state index is 13.3. The van der Waals surface area contributed by atoms with E-state index in [1.807, 2.05) is 6.92 Å². The van der Waals surface area contributed by atoms with E-state index in [4.69, 9.17) is 37.9 Å². The summed E-state index contributed by atoms with van der Waals surface area (Å²) in [5, 5.41) is 98.9. The molecule has 73 heavy (non-hydrogen) atoms. The summed E-state index contributed by atoms with van der Waals surface area (Å²) in [5.74, 6) is -2.11. The molecule has 10 rings (SSSR count). The number of carbonyl (C=O) groups excluding carboxylic acids is 1. The first-order valence-electron chi connectivity index (χ1n) is 26.8. The predicted molar refractivity (Wildman–Crippen MR) is 259 cm³/mol. The molecule has 24 atom stereocenters. The molecule has 4 saturated heterocycles. The smallest absolute Gasteiger partial charge is 0.331 e. The molecule has 5 aliphatic carbocycles. The molecule has 2 bridgehead atoms. The van der Waals surface area contributed by atoms with Crippen molar-refractivity contribution in [3.05, 3.63) is 47.6 Å². The Morgan fingerprint density at radius 3 is 2.29 bits per heavy atom. The van der Waals surface area contributed by atoms with Gasteiger partial charge in [-0.2, -0.15) is 0 Å². The fourth-order valence-corrected chi connectivity index (χ4v) is 16.8. The van der Waals surface area contributed by atoms with E-state index in [0.717, 1.165) is 56.6 Å². The summed E-state index contributed by atoms with van der Waals surface area (Å²) < 4.78 is 52.5. The molecule has 18 heteroatoms. The molecule has 2 spiro atoms. The first-order valence-corrected chi connectivity index (χ1v) is 26.8. The van der Waals surface area contributed by atoms with Gasteiger partial charge < -0.3 is 83.9 Å². The van der Waals surface area contributed by atoms with Crippen molar-refractivity contribution in [3.63, 3.8) is 0 Å². The van der Waals surface area contributed by atoms with E-state index in [1.54, 1.807) is 12.1 Å². The Balaban J connectivity index is 0.931. The Morgan fingerprint density at radius 1 is 0.836 bits per heavy atom. The molecule has 9 fully saturated rings. The summed E-state index contributed by atoms with van der Waals surface area (Å²) in [6.45, 7) is 12.2. The lowest BCUT2D eigenvalue weighted by atomic mass is 9.36. The summed E-state index contributed by atoms with van der Waals surface area (Å²) in [6, 6.07) is 6.02. The van der Waals surface area contributed by atoms with Crippen molar-refractivity contribution < 1.29 is 88.6 Å². The molecule has 0 amide bonds. The van der Waals surface area contributed by atoms with Crippen molar-refractivity contribution in [2.75, 3.05) is 26.4 Å². The van der Waals surface area contributed by atoms with Gasteiger partial charge in [0.1, 0.15) is 48.5 Å². The van der Waals surface area contributed by atoms with E-state index in [0.29, 0.717) is 25.0 Å². The number of benzene rings is 1. The number of phenols is 1. The van der Waals surface area contributed by atoms with Crippen LogP contribution in [0.1, 0.15) is 111 Å². The summed E-state index contributed by atoms with van der Waals surface area (Å²) in [4.78, 5) is 13.3. The van der Waals surface area contributed by atoms with Crippen molar-refractivity contribution in [1.82, 2.24) is 0 Å². The fourth-order valence-electron chi connectivity index (χ4n) is 16.8. The van der Waals surface area contributed by atoms with E-state index in [1.165, 1.54) is 18.2 Å². The Labute approximate surface area is 427 Å². The van der Waals surface area contributed by atoms with E-state index in [-0.39, 0.29) is 64.8 Å². The Hall–Kier alpha value is -2.63. The normalized spacial score (nSPS) is 51.2. The van der Waals surface area contributed by atoms with Crippen molar-refractivity contribution >= 4 is 12.0 Å². The van der Waals surface area contributed by atoms with Gasteiger partial charge in [0.15, 0.2) is 24.5 Å². The molecule has 6 unspecified atom stereocenters. The number of fused-ring (bicyclic) bond motifs is 4. The fraction of sp³-hybridized carbons (Fsp3) is 0.800. The molecule has 9 aliphatic rings. The third-order valence-corrected chi connectivity index (χ3v) is 20.0. The van der Waals surface area contributed by atoms with Gasteiger partial charge in [-0.05, 0) is 125 Å². The number of hydrogen-bond acceptors (Lipinski definition) is 18. The molecule has 1 aromatic rings. The number of hydrogen-bond donors (Lipinski definition) is 9. The Bertz CT molecular complexity index is 2220. The lowest BCUT2D eigenvalue weighted by molar-refractivity contribution is -0.373. The van der Waals surface area contributed by atoms with Crippen LogP contribution in [0.2, 0.25) is 0 Å². The summed E-state index contributed by atoms with van der Waals surface area (Å²) in [7, 11) is 0. The van der Waals surface area contributed by atoms with Crippen LogP contribution in [0.5, 0.6) is 5.75 Å². The minimum Gasteiger partial charge on any atom is -0.508 e. The predicted octanol–water partition coefficient (Wildman–Crippen LogP) is 2.99. The van der Waals surface area contributed by atoms with E-state index in [2.05, 4.69) is 40.7 Å². The van der Waals surface area contributed by atoms with Crippen LogP contribution in [0.25, 0.3) is 6.08 Å². The molecule has 1 aromatic carbocycles. The largest absolute Gasteiger partial charge is 0.508 e. The van der Waals surface area contributed by atoms with Gasteiger partial charge in [-0.1, -0.05) is 44.1 Å². The number of aliphatic hydroxyl groups excluding tert-OH is 7. The molecule has 5 saturated carbocycles. The highest BCUT2D eigenvalue weighted by molar-refractivity contribution is 5.87. The molecule has 408 valence electrons. The van der Waals surface area contributed by atoms with Crippen molar-refractivity contribution in [1.29, 1.82) is 0 Å². The summed E-state index contributed by atoms with van der Waals surface area (Å²) >= 11 is 0. The lowest BCUT2D eigenvalue weighted by Gasteiger charge is -2.70. The van der Waals surface area contributed by atoms with Gasteiger partial charge in [0.05, 0.1) is 49.3 Å². The number of aliphatic hydroxyl groups is 8. The Kier molecular flexibility index (Phi) is 14.5. The molecule has 4 aliphatic heterocycles. The highest BCUT2D eigenvalue weighted by Gasteiger charge is 2.81. The Morgan fingerprint density at radius 2 is 1.59 bits per heavy atom. The summed E-state index contributed by atoms with van der Waals surface area (Å²) in [5.41, 5.74) is -0.654. The van der Waals surface area contributed by atoms with Crippen LogP contribution in [0.4, 0.5) is 0 Å².